The van der Waals surface area contributed by atoms with Gasteiger partial charge in [0.15, 0.2) is 0 Å². The maximum Gasteiger partial charge on any atom is 0.107 e. The van der Waals surface area contributed by atoms with Crippen molar-refractivity contribution in [3.63, 3.8) is 0 Å². The van der Waals surface area contributed by atoms with Crippen molar-refractivity contribution in [1.29, 1.82) is 0 Å². The van der Waals surface area contributed by atoms with Crippen molar-refractivity contribution in [2.75, 3.05) is 7.05 Å². The molecule has 3 heteroatoms. The number of nitrogens with one attached hydrogen (secondary N) is 1. The Morgan fingerprint density at radius 1 is 1.28 bits per heavy atom. The third kappa shape index (κ3) is 2.98. The lowest BCUT2D eigenvalue weighted by atomic mass is 9.97. The molecule has 2 nitrogen and oxygen atoms in total. The molecule has 0 fully saturated rings. The average molecular weight is 260 g/mol. The minimum Gasteiger partial charge on any atom is -0.314 e. The summed E-state index contributed by atoms with van der Waals surface area (Å²) in [6, 6.07) is 8.89. The summed E-state index contributed by atoms with van der Waals surface area (Å²) in [7, 11) is 1.95. The molecule has 0 saturated carbocycles. The maximum atomic E-state index is 4.41. The van der Waals surface area contributed by atoms with Crippen LogP contribution in [0.3, 0.4) is 0 Å². The van der Waals surface area contributed by atoms with E-state index in [2.05, 4.69) is 48.4 Å². The van der Waals surface area contributed by atoms with E-state index < -0.39 is 0 Å². The van der Waals surface area contributed by atoms with Crippen LogP contribution in [-0.2, 0) is 6.54 Å². The third-order valence-electron chi connectivity index (χ3n) is 3.26. The third-order valence-corrected chi connectivity index (χ3v) is 4.30. The molecule has 0 aliphatic carbocycles. The Bertz CT molecular complexity index is 487. The molecule has 1 aromatic carbocycles. The van der Waals surface area contributed by atoms with E-state index in [-0.39, 0.29) is 0 Å². The topological polar surface area (TPSA) is 24.9 Å². The number of nitrogens with zero attached hydrogens (tertiary/aromatic N) is 1. The van der Waals surface area contributed by atoms with Gasteiger partial charge in [-0.2, -0.15) is 0 Å². The number of hydrogen-bond donors (Lipinski definition) is 1. The summed E-state index contributed by atoms with van der Waals surface area (Å²) in [6.45, 7) is 5.34. The highest BCUT2D eigenvalue weighted by Crippen LogP contribution is 2.28. The van der Waals surface area contributed by atoms with Gasteiger partial charge in [-0.3, -0.25) is 0 Å². The lowest BCUT2D eigenvalue weighted by Crippen LogP contribution is -2.03. The van der Waals surface area contributed by atoms with E-state index in [9.17, 15) is 0 Å². The Morgan fingerprint density at radius 2 is 2.00 bits per heavy atom. The van der Waals surface area contributed by atoms with E-state index in [4.69, 9.17) is 0 Å². The summed E-state index contributed by atoms with van der Waals surface area (Å²) in [5.74, 6) is 0.639. The van der Waals surface area contributed by atoms with Crippen LogP contribution < -0.4 is 5.32 Å². The second-order valence-corrected chi connectivity index (χ2v) is 5.70. The first-order chi connectivity index (χ1) is 8.74. The van der Waals surface area contributed by atoms with Gasteiger partial charge in [0.1, 0.15) is 5.01 Å². The number of benzene rings is 1. The highest BCUT2D eigenvalue weighted by molar-refractivity contribution is 7.15. The van der Waals surface area contributed by atoms with Gasteiger partial charge >= 0.3 is 0 Å². The fraction of sp³-hybridized carbons (Fsp3) is 0.400. The van der Waals surface area contributed by atoms with Gasteiger partial charge in [0, 0.05) is 12.7 Å². The molecule has 1 heterocycles. The van der Waals surface area contributed by atoms with Gasteiger partial charge in [-0.1, -0.05) is 38.1 Å². The molecule has 0 radical (unpaired) electrons. The van der Waals surface area contributed by atoms with E-state index in [0.29, 0.717) is 5.92 Å². The molecule has 0 saturated heterocycles. The monoisotopic (exact) mass is 260 g/mol. The quantitative estimate of drug-likeness (QED) is 0.877. The van der Waals surface area contributed by atoms with Crippen molar-refractivity contribution in [3.05, 3.63) is 41.0 Å². The van der Waals surface area contributed by atoms with E-state index in [1.54, 1.807) is 11.3 Å². The molecule has 0 aliphatic rings. The summed E-state index contributed by atoms with van der Waals surface area (Å²) in [5, 5.41) is 4.27. The van der Waals surface area contributed by atoms with Crippen LogP contribution in [0.4, 0.5) is 0 Å². The van der Waals surface area contributed by atoms with Crippen LogP contribution in [0.5, 0.6) is 0 Å². The largest absolute Gasteiger partial charge is 0.314 e. The van der Waals surface area contributed by atoms with Crippen LogP contribution in [0.1, 0.15) is 36.8 Å². The van der Waals surface area contributed by atoms with Crippen LogP contribution in [0.2, 0.25) is 0 Å². The Kier molecular flexibility index (Phi) is 4.50. The van der Waals surface area contributed by atoms with E-state index in [1.807, 2.05) is 13.2 Å². The molecule has 1 N–H and O–H groups in total. The molecule has 0 aliphatic heterocycles. The van der Waals surface area contributed by atoms with Crippen molar-refractivity contribution in [2.24, 2.45) is 0 Å². The standard InChI is InChI=1S/C15H20N2S/c1-4-11(2)12-5-7-13(8-6-12)14-9-17-15(18-14)10-16-3/h5-9,11,16H,4,10H2,1-3H3. The maximum absolute atomic E-state index is 4.41. The average Bonchev–Trinajstić information content (AvgIpc) is 2.87. The molecular formula is C15H20N2S. The molecule has 2 rings (SSSR count). The van der Waals surface area contributed by atoms with Crippen LogP contribution in [0.25, 0.3) is 10.4 Å². The molecule has 0 bridgehead atoms. The first-order valence-corrected chi connectivity index (χ1v) is 7.26. The predicted molar refractivity (Wildman–Crippen MR) is 79.0 cm³/mol. The lowest BCUT2D eigenvalue weighted by molar-refractivity contribution is 0.734. The van der Waals surface area contributed by atoms with Crippen molar-refractivity contribution >= 4 is 11.3 Å². The SMILES string of the molecule is CCC(C)c1ccc(-c2cnc(CNC)s2)cc1. The normalized spacial score (nSPS) is 12.6. The van der Waals surface area contributed by atoms with Gasteiger partial charge in [-0.25, -0.2) is 4.98 Å². The Balaban J connectivity index is 2.17. The lowest BCUT2D eigenvalue weighted by Gasteiger charge is -2.08. The molecule has 0 spiro atoms. The van der Waals surface area contributed by atoms with Crippen LogP contribution in [0.15, 0.2) is 30.5 Å². The first kappa shape index (κ1) is 13.2. The van der Waals surface area contributed by atoms with Gasteiger partial charge in [0.2, 0.25) is 0 Å². The van der Waals surface area contributed by atoms with Crippen molar-refractivity contribution in [2.45, 2.75) is 32.7 Å². The molecule has 1 aromatic heterocycles. The van der Waals surface area contributed by atoms with Gasteiger partial charge in [0.05, 0.1) is 4.88 Å². The van der Waals surface area contributed by atoms with Gasteiger partial charge < -0.3 is 5.32 Å². The highest BCUT2D eigenvalue weighted by Gasteiger charge is 2.06. The van der Waals surface area contributed by atoms with Crippen LogP contribution >= 0.6 is 11.3 Å². The predicted octanol–water partition coefficient (Wildman–Crippen LogP) is 4.04. The molecule has 1 unspecified atom stereocenters. The zero-order valence-electron chi connectivity index (χ0n) is 11.2. The van der Waals surface area contributed by atoms with Crippen LogP contribution in [-0.4, -0.2) is 12.0 Å². The minimum absolute atomic E-state index is 0.639. The minimum atomic E-state index is 0.639. The summed E-state index contributed by atoms with van der Waals surface area (Å²) >= 11 is 1.76. The first-order valence-electron chi connectivity index (χ1n) is 6.44. The summed E-state index contributed by atoms with van der Waals surface area (Å²) in [6.07, 6.45) is 3.15. The second kappa shape index (κ2) is 6.12. The zero-order chi connectivity index (χ0) is 13.0. The van der Waals surface area contributed by atoms with E-state index in [0.717, 1.165) is 11.6 Å². The van der Waals surface area contributed by atoms with Crippen molar-refractivity contribution in [1.82, 2.24) is 10.3 Å². The smallest absolute Gasteiger partial charge is 0.107 e. The summed E-state index contributed by atoms with van der Waals surface area (Å²) < 4.78 is 0. The molecular weight excluding hydrogens is 240 g/mol. The molecule has 1 atom stereocenters. The number of hydrogen-bond acceptors (Lipinski definition) is 3. The number of thiazole rings is 1. The van der Waals surface area contributed by atoms with Crippen molar-refractivity contribution in [3.8, 4) is 10.4 Å². The fourth-order valence-electron chi connectivity index (χ4n) is 1.89. The Morgan fingerprint density at radius 3 is 2.61 bits per heavy atom. The molecule has 0 amide bonds. The van der Waals surface area contributed by atoms with Gasteiger partial charge in [0.25, 0.3) is 0 Å². The van der Waals surface area contributed by atoms with Crippen molar-refractivity contribution < 1.29 is 0 Å². The zero-order valence-corrected chi connectivity index (χ0v) is 12.1. The van der Waals surface area contributed by atoms with E-state index in [1.165, 1.54) is 22.4 Å². The Labute approximate surface area is 113 Å². The van der Waals surface area contributed by atoms with Crippen LogP contribution in [0, 0.1) is 0 Å². The van der Waals surface area contributed by atoms with E-state index >= 15 is 0 Å². The molecule has 2 aromatic rings. The van der Waals surface area contributed by atoms with Gasteiger partial charge in [-0.15, -0.1) is 11.3 Å². The fourth-order valence-corrected chi connectivity index (χ4v) is 2.82. The number of rotatable bonds is 5. The molecule has 96 valence electrons. The van der Waals surface area contributed by atoms with Gasteiger partial charge in [-0.05, 0) is 30.5 Å². The summed E-state index contributed by atoms with van der Waals surface area (Å²) in [4.78, 5) is 5.66. The Hall–Kier alpha value is -1.19. The second-order valence-electron chi connectivity index (χ2n) is 4.58. The molecule has 18 heavy (non-hydrogen) atoms. The number of aromatic nitrogens is 1. The highest BCUT2D eigenvalue weighted by atomic mass is 32.1. The summed E-state index contributed by atoms with van der Waals surface area (Å²) in [5.41, 5.74) is 2.68.